The Morgan fingerprint density at radius 1 is 1.29 bits per heavy atom. The van der Waals surface area contributed by atoms with Crippen LogP contribution in [-0.4, -0.2) is 22.8 Å². The lowest BCUT2D eigenvalue weighted by Gasteiger charge is -2.12. The molecule has 6 heteroatoms. The topological polar surface area (TPSA) is 92.3 Å². The van der Waals surface area contributed by atoms with Gasteiger partial charge in [-0.05, 0) is 42.0 Å². The van der Waals surface area contributed by atoms with Crippen molar-refractivity contribution in [1.29, 1.82) is 5.26 Å². The molecule has 0 saturated carbocycles. The Labute approximate surface area is 120 Å². The highest BCUT2D eigenvalue weighted by Gasteiger charge is 2.13. The Bertz CT molecular complexity index is 770. The number of nitrogens with zero attached hydrogens (tertiary/aromatic N) is 2. The molecule has 0 amide bonds. The van der Waals surface area contributed by atoms with E-state index in [1.165, 1.54) is 13.2 Å². The molecule has 0 radical (unpaired) electrons. The van der Waals surface area contributed by atoms with Gasteiger partial charge in [0.1, 0.15) is 23.9 Å². The third-order valence-electron chi connectivity index (χ3n) is 2.97. The Hall–Kier alpha value is -3.07. The first-order chi connectivity index (χ1) is 10.1. The van der Waals surface area contributed by atoms with E-state index in [9.17, 15) is 9.59 Å². The standard InChI is InChI=1S/C15H12N2O4/c1-21-12-5-2-10(3-6-12)13-7-4-11(8-16)15(20)17(13)9-14(18)19/h2-7H,9H2,1H3,(H,18,19). The van der Waals surface area contributed by atoms with Crippen molar-refractivity contribution < 1.29 is 14.6 Å². The van der Waals surface area contributed by atoms with Crippen LogP contribution in [0, 0.1) is 11.3 Å². The minimum absolute atomic E-state index is 0.0893. The molecule has 1 N–H and O–H groups in total. The molecular weight excluding hydrogens is 272 g/mol. The predicted octanol–water partition coefficient (Wildman–Crippen LogP) is 1.48. The van der Waals surface area contributed by atoms with Crippen LogP contribution in [-0.2, 0) is 11.3 Å². The summed E-state index contributed by atoms with van der Waals surface area (Å²) in [5, 5.41) is 17.8. The molecule has 1 aromatic heterocycles. The van der Waals surface area contributed by atoms with Crippen molar-refractivity contribution in [2.45, 2.75) is 6.54 Å². The van der Waals surface area contributed by atoms with Crippen LogP contribution in [0.4, 0.5) is 0 Å². The summed E-state index contributed by atoms with van der Waals surface area (Å²) in [6, 6.07) is 11.6. The van der Waals surface area contributed by atoms with E-state index in [4.69, 9.17) is 15.1 Å². The fraction of sp³-hybridized carbons (Fsp3) is 0.133. The molecule has 1 heterocycles. The molecule has 21 heavy (non-hydrogen) atoms. The average Bonchev–Trinajstić information content (AvgIpc) is 2.49. The van der Waals surface area contributed by atoms with Crippen LogP contribution in [0.3, 0.4) is 0 Å². The van der Waals surface area contributed by atoms with Crippen molar-refractivity contribution >= 4 is 5.97 Å². The van der Waals surface area contributed by atoms with Gasteiger partial charge < -0.3 is 9.84 Å². The Morgan fingerprint density at radius 3 is 2.48 bits per heavy atom. The molecule has 0 atom stereocenters. The molecule has 2 aromatic rings. The van der Waals surface area contributed by atoms with Crippen molar-refractivity contribution in [3.05, 3.63) is 52.3 Å². The van der Waals surface area contributed by atoms with Gasteiger partial charge >= 0.3 is 5.97 Å². The van der Waals surface area contributed by atoms with Crippen LogP contribution in [0.1, 0.15) is 5.56 Å². The minimum Gasteiger partial charge on any atom is -0.497 e. The molecule has 0 bridgehead atoms. The van der Waals surface area contributed by atoms with Crippen LogP contribution in [0.25, 0.3) is 11.3 Å². The zero-order valence-corrected chi connectivity index (χ0v) is 11.2. The van der Waals surface area contributed by atoms with Gasteiger partial charge in [0.15, 0.2) is 0 Å². The van der Waals surface area contributed by atoms with Gasteiger partial charge in [-0.3, -0.25) is 14.2 Å². The molecule has 0 spiro atoms. The summed E-state index contributed by atoms with van der Waals surface area (Å²) in [6.45, 7) is -0.504. The van der Waals surface area contributed by atoms with Crippen molar-refractivity contribution in [2.24, 2.45) is 0 Å². The maximum absolute atomic E-state index is 12.1. The number of hydrogen-bond donors (Lipinski definition) is 1. The molecule has 0 saturated heterocycles. The Morgan fingerprint density at radius 2 is 1.95 bits per heavy atom. The third-order valence-corrected chi connectivity index (χ3v) is 2.97. The summed E-state index contributed by atoms with van der Waals surface area (Å²) in [5.41, 5.74) is 0.393. The van der Waals surface area contributed by atoms with Gasteiger partial charge in [0, 0.05) is 0 Å². The number of ether oxygens (including phenoxy) is 1. The van der Waals surface area contributed by atoms with Crippen LogP contribution >= 0.6 is 0 Å². The number of carboxylic acid groups (broad SMARTS) is 1. The van der Waals surface area contributed by atoms with E-state index in [2.05, 4.69) is 0 Å². The van der Waals surface area contributed by atoms with E-state index in [-0.39, 0.29) is 5.56 Å². The summed E-state index contributed by atoms with van der Waals surface area (Å²) in [5.74, 6) is -0.499. The van der Waals surface area contributed by atoms with Gasteiger partial charge in [0.2, 0.25) is 0 Å². The summed E-state index contributed by atoms with van der Waals surface area (Å²) < 4.78 is 6.13. The first-order valence-corrected chi connectivity index (χ1v) is 6.07. The normalized spacial score (nSPS) is 9.90. The van der Waals surface area contributed by atoms with Crippen molar-refractivity contribution in [2.75, 3.05) is 7.11 Å². The molecule has 0 unspecified atom stereocenters. The second kappa shape index (κ2) is 5.92. The number of methoxy groups -OCH3 is 1. The molecule has 0 aliphatic carbocycles. The summed E-state index contributed by atoms with van der Waals surface area (Å²) in [7, 11) is 1.54. The molecule has 106 valence electrons. The Kier molecular flexibility index (Phi) is 4.05. The smallest absolute Gasteiger partial charge is 0.323 e. The SMILES string of the molecule is COc1ccc(-c2ccc(C#N)c(=O)n2CC(=O)O)cc1. The van der Waals surface area contributed by atoms with Gasteiger partial charge in [-0.25, -0.2) is 0 Å². The highest BCUT2D eigenvalue weighted by molar-refractivity contribution is 5.69. The summed E-state index contributed by atoms with van der Waals surface area (Å²) in [4.78, 5) is 23.0. The number of carbonyl (C=O) groups is 1. The molecular formula is C15H12N2O4. The van der Waals surface area contributed by atoms with Gasteiger partial charge in [0.25, 0.3) is 5.56 Å². The molecule has 0 aliphatic heterocycles. The molecule has 6 nitrogen and oxygen atoms in total. The van der Waals surface area contributed by atoms with E-state index in [0.29, 0.717) is 17.0 Å². The second-order valence-electron chi connectivity index (χ2n) is 4.26. The number of nitriles is 1. The molecule has 1 aromatic carbocycles. The van der Waals surface area contributed by atoms with E-state index >= 15 is 0 Å². The minimum atomic E-state index is -1.15. The number of pyridine rings is 1. The van der Waals surface area contributed by atoms with Crippen LogP contribution in [0.15, 0.2) is 41.2 Å². The van der Waals surface area contributed by atoms with Gasteiger partial charge in [-0.2, -0.15) is 5.26 Å². The fourth-order valence-electron chi connectivity index (χ4n) is 1.97. The Balaban J connectivity index is 2.61. The summed E-state index contributed by atoms with van der Waals surface area (Å²) >= 11 is 0. The third kappa shape index (κ3) is 2.92. The zero-order valence-electron chi connectivity index (χ0n) is 11.2. The highest BCUT2D eigenvalue weighted by atomic mass is 16.5. The number of hydrogen-bond acceptors (Lipinski definition) is 4. The largest absolute Gasteiger partial charge is 0.497 e. The first-order valence-electron chi connectivity index (χ1n) is 6.07. The van der Waals surface area contributed by atoms with Gasteiger partial charge in [0.05, 0.1) is 12.8 Å². The van der Waals surface area contributed by atoms with E-state index < -0.39 is 18.1 Å². The zero-order chi connectivity index (χ0) is 15.4. The van der Waals surface area contributed by atoms with Crippen LogP contribution in [0.2, 0.25) is 0 Å². The number of benzene rings is 1. The number of aliphatic carboxylic acids is 1. The van der Waals surface area contributed by atoms with Crippen molar-refractivity contribution in [3.63, 3.8) is 0 Å². The van der Waals surface area contributed by atoms with Gasteiger partial charge in [-0.1, -0.05) is 0 Å². The number of carboxylic acids is 1. The lowest BCUT2D eigenvalue weighted by molar-refractivity contribution is -0.137. The lowest BCUT2D eigenvalue weighted by atomic mass is 10.1. The molecule has 0 aliphatic rings. The lowest BCUT2D eigenvalue weighted by Crippen LogP contribution is -2.27. The van der Waals surface area contributed by atoms with Crippen molar-refractivity contribution in [1.82, 2.24) is 4.57 Å². The van der Waals surface area contributed by atoms with E-state index in [1.54, 1.807) is 36.4 Å². The maximum Gasteiger partial charge on any atom is 0.323 e. The quantitative estimate of drug-likeness (QED) is 0.918. The second-order valence-corrected chi connectivity index (χ2v) is 4.26. The fourth-order valence-corrected chi connectivity index (χ4v) is 1.97. The van der Waals surface area contributed by atoms with Crippen LogP contribution in [0.5, 0.6) is 5.75 Å². The number of rotatable bonds is 4. The highest BCUT2D eigenvalue weighted by Crippen LogP contribution is 2.21. The average molecular weight is 284 g/mol. The van der Waals surface area contributed by atoms with Crippen LogP contribution < -0.4 is 10.3 Å². The molecule has 2 rings (SSSR count). The van der Waals surface area contributed by atoms with E-state index in [1.807, 2.05) is 0 Å². The monoisotopic (exact) mass is 284 g/mol. The van der Waals surface area contributed by atoms with Crippen molar-refractivity contribution in [3.8, 4) is 23.1 Å². The predicted molar refractivity (Wildman–Crippen MR) is 75.0 cm³/mol. The van der Waals surface area contributed by atoms with E-state index in [0.717, 1.165) is 4.57 Å². The first kappa shape index (κ1) is 14.3. The summed E-state index contributed by atoms with van der Waals surface area (Å²) in [6.07, 6.45) is 0. The molecule has 0 fully saturated rings. The number of aromatic nitrogens is 1. The maximum atomic E-state index is 12.1. The van der Waals surface area contributed by atoms with Gasteiger partial charge in [-0.15, -0.1) is 0 Å².